The summed E-state index contributed by atoms with van der Waals surface area (Å²) in [4.78, 5) is 0. The van der Waals surface area contributed by atoms with E-state index < -0.39 is 0 Å². The van der Waals surface area contributed by atoms with Gasteiger partial charge in [-0.05, 0) is 24.1 Å². The molecule has 1 N–H and O–H groups in total. The van der Waals surface area contributed by atoms with Gasteiger partial charge < -0.3 is 5.32 Å². The Kier molecular flexibility index (Phi) is 3.63. The standard InChI is InChI=1S/C14H16N4/c1-3-13-14(10-18(2)17-13)16-9-12-6-4-5-11(7-12)8-15/h4-7,10,16H,3,9H2,1-2H3. The number of nitriles is 1. The highest BCUT2D eigenvalue weighted by Gasteiger charge is 2.05. The molecule has 0 fully saturated rings. The predicted molar refractivity (Wildman–Crippen MR) is 71.1 cm³/mol. The van der Waals surface area contributed by atoms with Crippen LogP contribution in [0.3, 0.4) is 0 Å². The van der Waals surface area contributed by atoms with E-state index in [1.54, 1.807) is 0 Å². The van der Waals surface area contributed by atoms with Crippen LogP contribution in [0.2, 0.25) is 0 Å². The van der Waals surface area contributed by atoms with Crippen molar-refractivity contribution in [3.63, 3.8) is 0 Å². The van der Waals surface area contributed by atoms with Crippen LogP contribution in [0, 0.1) is 11.3 Å². The van der Waals surface area contributed by atoms with E-state index in [0.717, 1.165) is 23.4 Å². The highest BCUT2D eigenvalue weighted by Crippen LogP contribution is 2.15. The van der Waals surface area contributed by atoms with Crippen LogP contribution < -0.4 is 5.32 Å². The molecule has 0 radical (unpaired) electrons. The van der Waals surface area contributed by atoms with E-state index in [9.17, 15) is 0 Å². The third kappa shape index (κ3) is 2.69. The van der Waals surface area contributed by atoms with Crippen molar-refractivity contribution in [2.45, 2.75) is 19.9 Å². The average molecular weight is 240 g/mol. The van der Waals surface area contributed by atoms with E-state index in [2.05, 4.69) is 23.4 Å². The Hall–Kier alpha value is -2.28. The van der Waals surface area contributed by atoms with E-state index >= 15 is 0 Å². The van der Waals surface area contributed by atoms with Crippen LogP contribution >= 0.6 is 0 Å². The number of nitrogens with one attached hydrogen (secondary N) is 1. The van der Waals surface area contributed by atoms with Crippen LogP contribution in [0.1, 0.15) is 23.7 Å². The van der Waals surface area contributed by atoms with Gasteiger partial charge in [0.2, 0.25) is 0 Å². The molecule has 92 valence electrons. The van der Waals surface area contributed by atoms with Gasteiger partial charge in [-0.1, -0.05) is 19.1 Å². The molecule has 0 bridgehead atoms. The molecule has 1 aromatic carbocycles. The first-order valence-corrected chi connectivity index (χ1v) is 5.98. The van der Waals surface area contributed by atoms with Gasteiger partial charge >= 0.3 is 0 Å². The SMILES string of the molecule is CCc1nn(C)cc1NCc1cccc(C#N)c1. The van der Waals surface area contributed by atoms with Crippen molar-refractivity contribution in [3.05, 3.63) is 47.3 Å². The molecule has 1 aromatic heterocycles. The van der Waals surface area contributed by atoms with Crippen LogP contribution in [0.4, 0.5) is 5.69 Å². The number of rotatable bonds is 4. The Labute approximate surface area is 107 Å². The first kappa shape index (κ1) is 12.2. The second kappa shape index (κ2) is 5.37. The molecule has 0 aliphatic carbocycles. The fourth-order valence-corrected chi connectivity index (χ4v) is 1.89. The van der Waals surface area contributed by atoms with Gasteiger partial charge in [0, 0.05) is 19.8 Å². The van der Waals surface area contributed by atoms with Crippen LogP contribution in [0.15, 0.2) is 30.5 Å². The van der Waals surface area contributed by atoms with Gasteiger partial charge in [-0.2, -0.15) is 10.4 Å². The van der Waals surface area contributed by atoms with E-state index in [0.29, 0.717) is 12.1 Å². The molecule has 1 heterocycles. The zero-order chi connectivity index (χ0) is 13.0. The monoisotopic (exact) mass is 240 g/mol. The number of hydrogen-bond acceptors (Lipinski definition) is 3. The van der Waals surface area contributed by atoms with Gasteiger partial charge in [0.15, 0.2) is 0 Å². The molecule has 18 heavy (non-hydrogen) atoms. The molecular weight excluding hydrogens is 224 g/mol. The number of hydrogen-bond donors (Lipinski definition) is 1. The van der Waals surface area contributed by atoms with Crippen molar-refractivity contribution in [1.29, 1.82) is 5.26 Å². The number of nitrogens with zero attached hydrogens (tertiary/aromatic N) is 3. The van der Waals surface area contributed by atoms with Crippen LogP contribution in [0.25, 0.3) is 0 Å². The maximum atomic E-state index is 8.85. The van der Waals surface area contributed by atoms with Crippen molar-refractivity contribution < 1.29 is 0 Å². The zero-order valence-corrected chi connectivity index (χ0v) is 10.6. The first-order valence-electron chi connectivity index (χ1n) is 5.98. The topological polar surface area (TPSA) is 53.6 Å². The molecule has 2 aromatic rings. The highest BCUT2D eigenvalue weighted by molar-refractivity contribution is 5.47. The number of aryl methyl sites for hydroxylation is 2. The van der Waals surface area contributed by atoms with Gasteiger partial charge in [0.1, 0.15) is 0 Å². The Balaban J connectivity index is 2.09. The normalized spacial score (nSPS) is 10.1. The van der Waals surface area contributed by atoms with Gasteiger partial charge in [-0.3, -0.25) is 4.68 Å². The van der Waals surface area contributed by atoms with Crippen molar-refractivity contribution in [1.82, 2.24) is 9.78 Å². The highest BCUT2D eigenvalue weighted by atomic mass is 15.3. The first-order chi connectivity index (χ1) is 8.72. The fourth-order valence-electron chi connectivity index (χ4n) is 1.89. The van der Waals surface area contributed by atoms with Crippen LogP contribution in [-0.4, -0.2) is 9.78 Å². The lowest BCUT2D eigenvalue weighted by Gasteiger charge is -2.05. The maximum Gasteiger partial charge on any atom is 0.0991 e. The molecular formula is C14H16N4. The number of benzene rings is 1. The summed E-state index contributed by atoms with van der Waals surface area (Å²) in [5.74, 6) is 0. The van der Waals surface area contributed by atoms with Crippen molar-refractivity contribution in [2.24, 2.45) is 7.05 Å². The minimum atomic E-state index is 0.691. The summed E-state index contributed by atoms with van der Waals surface area (Å²) in [6.45, 7) is 2.79. The lowest BCUT2D eigenvalue weighted by Crippen LogP contribution is -2.00. The second-order valence-electron chi connectivity index (χ2n) is 4.18. The Morgan fingerprint density at radius 1 is 1.44 bits per heavy atom. The largest absolute Gasteiger partial charge is 0.378 e. The summed E-state index contributed by atoms with van der Waals surface area (Å²) in [6, 6.07) is 9.77. The second-order valence-corrected chi connectivity index (χ2v) is 4.18. The molecule has 0 saturated heterocycles. The zero-order valence-electron chi connectivity index (χ0n) is 10.6. The minimum absolute atomic E-state index is 0.691. The molecule has 4 nitrogen and oxygen atoms in total. The molecule has 0 unspecified atom stereocenters. The minimum Gasteiger partial charge on any atom is -0.378 e. The lowest BCUT2D eigenvalue weighted by molar-refractivity contribution is 0.746. The number of aromatic nitrogens is 2. The van der Waals surface area contributed by atoms with Crippen molar-refractivity contribution in [2.75, 3.05) is 5.32 Å². The fraction of sp³-hybridized carbons (Fsp3) is 0.286. The van der Waals surface area contributed by atoms with E-state index in [1.165, 1.54) is 0 Å². The summed E-state index contributed by atoms with van der Waals surface area (Å²) < 4.78 is 1.81. The summed E-state index contributed by atoms with van der Waals surface area (Å²) in [7, 11) is 1.92. The summed E-state index contributed by atoms with van der Waals surface area (Å²) in [5.41, 5.74) is 3.91. The van der Waals surface area contributed by atoms with Gasteiger partial charge in [0.05, 0.1) is 23.0 Å². The van der Waals surface area contributed by atoms with E-state index in [4.69, 9.17) is 5.26 Å². The predicted octanol–water partition coefficient (Wildman–Crippen LogP) is 2.47. The van der Waals surface area contributed by atoms with Gasteiger partial charge in [-0.25, -0.2) is 0 Å². The summed E-state index contributed by atoms with van der Waals surface area (Å²) in [6.07, 6.45) is 2.88. The maximum absolute atomic E-state index is 8.85. The molecule has 0 amide bonds. The molecule has 0 spiro atoms. The molecule has 0 saturated carbocycles. The van der Waals surface area contributed by atoms with E-state index in [1.807, 2.05) is 42.2 Å². The molecule has 0 aliphatic rings. The number of anilines is 1. The third-order valence-electron chi connectivity index (χ3n) is 2.78. The molecule has 0 aliphatic heterocycles. The molecule has 4 heteroatoms. The smallest absolute Gasteiger partial charge is 0.0991 e. The Bertz CT molecular complexity index is 578. The Morgan fingerprint density at radius 3 is 3.00 bits per heavy atom. The van der Waals surface area contributed by atoms with Gasteiger partial charge in [-0.15, -0.1) is 0 Å². The summed E-state index contributed by atoms with van der Waals surface area (Å²) >= 11 is 0. The Morgan fingerprint density at radius 2 is 2.28 bits per heavy atom. The lowest BCUT2D eigenvalue weighted by atomic mass is 10.1. The average Bonchev–Trinajstić information content (AvgIpc) is 2.77. The van der Waals surface area contributed by atoms with Crippen LogP contribution in [-0.2, 0) is 20.0 Å². The molecule has 0 atom stereocenters. The van der Waals surface area contributed by atoms with E-state index in [-0.39, 0.29) is 0 Å². The van der Waals surface area contributed by atoms with Crippen LogP contribution in [0.5, 0.6) is 0 Å². The van der Waals surface area contributed by atoms with Gasteiger partial charge in [0.25, 0.3) is 0 Å². The third-order valence-corrected chi connectivity index (χ3v) is 2.78. The molecule has 2 rings (SSSR count). The van der Waals surface area contributed by atoms with Crippen molar-refractivity contribution in [3.8, 4) is 6.07 Å². The quantitative estimate of drug-likeness (QED) is 0.893. The van der Waals surface area contributed by atoms with Crippen molar-refractivity contribution >= 4 is 5.69 Å². The summed E-state index contributed by atoms with van der Waals surface area (Å²) in [5, 5.41) is 16.6.